The number of thioether (sulfide) groups is 1. The molecule has 3 rings (SSSR count). The third kappa shape index (κ3) is 4.97. The van der Waals surface area contributed by atoms with Gasteiger partial charge in [0.05, 0.1) is 12.0 Å². The van der Waals surface area contributed by atoms with Gasteiger partial charge in [-0.25, -0.2) is 4.39 Å². The number of nitrogens with two attached hydrogens (primary N) is 1. The van der Waals surface area contributed by atoms with Gasteiger partial charge in [0.15, 0.2) is 16.7 Å². The number of nitrogens with zero attached hydrogens (tertiary/aromatic N) is 3. The van der Waals surface area contributed by atoms with Crippen LogP contribution in [0.1, 0.15) is 12.8 Å². The maximum absolute atomic E-state index is 13.6. The Hall–Kier alpha value is -3.14. The number of furan rings is 1. The Morgan fingerprint density at radius 3 is 2.71 bits per heavy atom. The summed E-state index contributed by atoms with van der Waals surface area (Å²) in [5.41, 5.74) is 5.39. The average molecular weight is 403 g/mol. The summed E-state index contributed by atoms with van der Waals surface area (Å²) in [6.07, 6.45) is 1.78. The highest BCUT2D eigenvalue weighted by atomic mass is 32.2. The second-order valence-corrected chi connectivity index (χ2v) is 6.84. The van der Waals surface area contributed by atoms with Crippen molar-refractivity contribution in [1.82, 2.24) is 14.8 Å². The maximum Gasteiger partial charge on any atom is 0.225 e. The lowest BCUT2D eigenvalue weighted by atomic mass is 10.3. The van der Waals surface area contributed by atoms with E-state index in [1.807, 2.05) is 0 Å². The molecule has 0 saturated carbocycles. The number of halogens is 1. The van der Waals surface area contributed by atoms with Gasteiger partial charge in [-0.1, -0.05) is 23.9 Å². The minimum atomic E-state index is -0.488. The van der Waals surface area contributed by atoms with Gasteiger partial charge in [-0.05, 0) is 24.3 Å². The number of anilines is 1. The molecule has 1 aromatic carbocycles. The summed E-state index contributed by atoms with van der Waals surface area (Å²) in [4.78, 5) is 23.2. The van der Waals surface area contributed by atoms with Gasteiger partial charge in [-0.3, -0.25) is 14.2 Å². The van der Waals surface area contributed by atoms with E-state index >= 15 is 0 Å². The van der Waals surface area contributed by atoms with Crippen molar-refractivity contribution in [2.24, 2.45) is 5.73 Å². The molecular weight excluding hydrogens is 385 g/mol. The van der Waals surface area contributed by atoms with Crippen molar-refractivity contribution in [3.8, 4) is 11.6 Å². The van der Waals surface area contributed by atoms with E-state index in [9.17, 15) is 14.0 Å². The molecule has 0 fully saturated rings. The minimum Gasteiger partial charge on any atom is -0.461 e. The number of amides is 2. The Labute approximate surface area is 164 Å². The first-order chi connectivity index (χ1) is 13.5. The van der Waals surface area contributed by atoms with Crippen LogP contribution in [0.2, 0.25) is 0 Å². The number of carbonyl (C=O) groups is 2. The number of nitrogens with one attached hydrogen (secondary N) is 1. The molecular formula is C18H18FN5O3S. The van der Waals surface area contributed by atoms with E-state index in [0.717, 1.165) is 0 Å². The molecule has 0 radical (unpaired) electrons. The molecule has 28 heavy (non-hydrogen) atoms. The van der Waals surface area contributed by atoms with Gasteiger partial charge in [0.2, 0.25) is 11.8 Å². The molecule has 3 aromatic rings. The monoisotopic (exact) mass is 403 g/mol. The molecule has 2 aromatic heterocycles. The lowest BCUT2D eigenvalue weighted by molar-refractivity contribution is -0.118. The number of hydrogen-bond acceptors (Lipinski definition) is 6. The van der Waals surface area contributed by atoms with Crippen LogP contribution in [-0.4, -0.2) is 32.3 Å². The molecule has 10 heteroatoms. The van der Waals surface area contributed by atoms with Gasteiger partial charge in [0.1, 0.15) is 5.82 Å². The quantitative estimate of drug-likeness (QED) is 0.531. The highest BCUT2D eigenvalue weighted by Gasteiger charge is 2.17. The van der Waals surface area contributed by atoms with Crippen molar-refractivity contribution in [3.05, 3.63) is 48.5 Å². The van der Waals surface area contributed by atoms with Crippen LogP contribution >= 0.6 is 11.8 Å². The Morgan fingerprint density at radius 2 is 2.00 bits per heavy atom. The van der Waals surface area contributed by atoms with Crippen LogP contribution < -0.4 is 11.1 Å². The standard InChI is InChI=1S/C18H18FN5O3S/c19-12-4-1-2-5-13(12)21-16(26)8-11-28-18-23-22-17(14-6-3-10-27-14)24(18)9-7-15(20)25/h1-6,10H,7-9,11H2,(H2,20,25)(H,21,26). The molecule has 3 N–H and O–H groups in total. The molecule has 8 nitrogen and oxygen atoms in total. The molecule has 0 spiro atoms. The molecule has 0 saturated heterocycles. The molecule has 146 valence electrons. The van der Waals surface area contributed by atoms with E-state index in [1.54, 1.807) is 28.8 Å². The van der Waals surface area contributed by atoms with E-state index in [4.69, 9.17) is 10.2 Å². The largest absolute Gasteiger partial charge is 0.461 e. The maximum atomic E-state index is 13.6. The van der Waals surface area contributed by atoms with Crippen molar-refractivity contribution < 1.29 is 18.4 Å². The molecule has 0 aliphatic rings. The van der Waals surface area contributed by atoms with Gasteiger partial charge in [-0.15, -0.1) is 10.2 Å². The van der Waals surface area contributed by atoms with Crippen molar-refractivity contribution in [2.75, 3.05) is 11.1 Å². The molecule has 2 amide bonds. The lowest BCUT2D eigenvalue weighted by Crippen LogP contribution is -2.15. The van der Waals surface area contributed by atoms with Crippen LogP contribution in [-0.2, 0) is 16.1 Å². The van der Waals surface area contributed by atoms with Crippen molar-refractivity contribution in [2.45, 2.75) is 24.5 Å². The highest BCUT2D eigenvalue weighted by molar-refractivity contribution is 7.99. The first-order valence-corrected chi connectivity index (χ1v) is 9.45. The van der Waals surface area contributed by atoms with Crippen LogP contribution in [0, 0.1) is 5.82 Å². The van der Waals surface area contributed by atoms with Crippen LogP contribution in [0.15, 0.2) is 52.2 Å². The first kappa shape index (κ1) is 19.6. The predicted molar refractivity (Wildman–Crippen MR) is 102 cm³/mol. The topological polar surface area (TPSA) is 116 Å². The van der Waals surface area contributed by atoms with Crippen LogP contribution in [0.5, 0.6) is 0 Å². The third-order valence-corrected chi connectivity index (χ3v) is 4.72. The normalized spacial score (nSPS) is 10.8. The van der Waals surface area contributed by atoms with Crippen molar-refractivity contribution >= 4 is 29.3 Å². The van der Waals surface area contributed by atoms with Gasteiger partial charge in [-0.2, -0.15) is 0 Å². The van der Waals surface area contributed by atoms with Crippen molar-refractivity contribution in [1.29, 1.82) is 0 Å². The second-order valence-electron chi connectivity index (χ2n) is 5.78. The summed E-state index contributed by atoms with van der Waals surface area (Å²) in [5.74, 6) is 0.141. The number of para-hydroxylation sites is 1. The van der Waals surface area contributed by atoms with Crippen LogP contribution in [0.4, 0.5) is 10.1 Å². The molecule has 0 aliphatic heterocycles. The zero-order chi connectivity index (χ0) is 19.9. The molecule has 0 atom stereocenters. The Kier molecular flexibility index (Phi) is 6.43. The fourth-order valence-corrected chi connectivity index (χ4v) is 3.32. The predicted octanol–water partition coefficient (Wildman–Crippen LogP) is 2.67. The van der Waals surface area contributed by atoms with Gasteiger partial charge >= 0.3 is 0 Å². The minimum absolute atomic E-state index is 0.118. The highest BCUT2D eigenvalue weighted by Crippen LogP contribution is 2.25. The summed E-state index contributed by atoms with van der Waals surface area (Å²) in [5, 5.41) is 11.3. The second kappa shape index (κ2) is 9.18. The Bertz CT molecular complexity index is 958. The van der Waals surface area contributed by atoms with E-state index in [0.29, 0.717) is 29.0 Å². The Balaban J connectivity index is 1.62. The fraction of sp³-hybridized carbons (Fsp3) is 0.222. The molecule has 0 aliphatic carbocycles. The molecule has 2 heterocycles. The molecule has 0 unspecified atom stereocenters. The van der Waals surface area contributed by atoms with E-state index in [-0.39, 0.29) is 24.4 Å². The zero-order valence-corrected chi connectivity index (χ0v) is 15.6. The fourth-order valence-electron chi connectivity index (χ4n) is 2.42. The van der Waals surface area contributed by atoms with E-state index < -0.39 is 11.7 Å². The van der Waals surface area contributed by atoms with E-state index in [1.165, 1.54) is 30.2 Å². The van der Waals surface area contributed by atoms with Crippen LogP contribution in [0.25, 0.3) is 11.6 Å². The van der Waals surface area contributed by atoms with Gasteiger partial charge in [0.25, 0.3) is 0 Å². The summed E-state index contributed by atoms with van der Waals surface area (Å²) in [7, 11) is 0. The smallest absolute Gasteiger partial charge is 0.225 e. The third-order valence-electron chi connectivity index (χ3n) is 3.75. The summed E-state index contributed by atoms with van der Waals surface area (Å²) in [6, 6.07) is 9.43. The summed E-state index contributed by atoms with van der Waals surface area (Å²) < 4.78 is 20.7. The number of benzene rings is 1. The van der Waals surface area contributed by atoms with Gasteiger partial charge in [0, 0.05) is 25.1 Å². The number of carbonyl (C=O) groups excluding carboxylic acids is 2. The average Bonchev–Trinajstić information content (AvgIpc) is 3.31. The van der Waals surface area contributed by atoms with E-state index in [2.05, 4.69) is 15.5 Å². The van der Waals surface area contributed by atoms with Crippen molar-refractivity contribution in [3.63, 3.8) is 0 Å². The summed E-state index contributed by atoms with van der Waals surface area (Å²) >= 11 is 1.30. The lowest BCUT2D eigenvalue weighted by Gasteiger charge is -2.08. The van der Waals surface area contributed by atoms with Gasteiger partial charge < -0.3 is 15.5 Å². The zero-order valence-electron chi connectivity index (χ0n) is 14.8. The SMILES string of the molecule is NC(=O)CCn1c(SCCC(=O)Nc2ccccc2F)nnc1-c1ccco1. The number of hydrogen-bond donors (Lipinski definition) is 2. The first-order valence-electron chi connectivity index (χ1n) is 8.47. The summed E-state index contributed by atoms with van der Waals surface area (Å²) in [6.45, 7) is 0.294. The number of rotatable bonds is 9. The van der Waals surface area contributed by atoms with Crippen LogP contribution in [0.3, 0.4) is 0 Å². The molecule has 0 bridgehead atoms. The number of primary amides is 1. The Morgan fingerprint density at radius 1 is 1.18 bits per heavy atom. The number of aromatic nitrogens is 3.